The van der Waals surface area contributed by atoms with Crippen molar-refractivity contribution in [3.8, 4) is 5.75 Å². The van der Waals surface area contributed by atoms with Crippen LogP contribution < -0.4 is 20.8 Å². The quantitative estimate of drug-likeness (QED) is 0.400. The number of aryl methyl sites for hydroxylation is 1. The van der Waals surface area contributed by atoms with Crippen LogP contribution in [0, 0.1) is 13.8 Å². The summed E-state index contributed by atoms with van der Waals surface area (Å²) in [6.07, 6.45) is 1.36. The molecule has 146 valence electrons. The maximum absolute atomic E-state index is 12.1. The number of nitrogens with one attached hydrogen (secondary N) is 3. The van der Waals surface area contributed by atoms with Crippen molar-refractivity contribution in [2.45, 2.75) is 13.8 Å². The van der Waals surface area contributed by atoms with E-state index in [4.69, 9.17) is 4.74 Å². The number of rotatable bonds is 6. The van der Waals surface area contributed by atoms with E-state index < -0.39 is 11.8 Å². The number of carbonyl (C=O) groups excluding carboxylic acids is 3. The molecule has 28 heavy (non-hydrogen) atoms. The van der Waals surface area contributed by atoms with Gasteiger partial charge < -0.3 is 15.4 Å². The monoisotopic (exact) mass is 382 g/mol. The van der Waals surface area contributed by atoms with Gasteiger partial charge in [0.1, 0.15) is 5.75 Å². The lowest BCUT2D eigenvalue weighted by Gasteiger charge is -2.11. The van der Waals surface area contributed by atoms with E-state index in [-0.39, 0.29) is 12.5 Å². The molecule has 0 bridgehead atoms. The third-order valence-corrected chi connectivity index (χ3v) is 3.92. The zero-order chi connectivity index (χ0) is 20.5. The SMILES string of the molecule is CNC(=O)C(=O)N/N=C\c1cccc(OCC(=O)Nc2cccc(C)c2C)c1. The van der Waals surface area contributed by atoms with Gasteiger partial charge >= 0.3 is 11.8 Å². The minimum Gasteiger partial charge on any atom is -0.484 e. The highest BCUT2D eigenvalue weighted by atomic mass is 16.5. The maximum atomic E-state index is 12.1. The fourth-order valence-electron chi connectivity index (χ4n) is 2.24. The van der Waals surface area contributed by atoms with Crippen LogP contribution in [0.1, 0.15) is 16.7 Å². The number of ether oxygens (including phenoxy) is 1. The van der Waals surface area contributed by atoms with Crippen LogP contribution in [0.5, 0.6) is 5.75 Å². The zero-order valence-electron chi connectivity index (χ0n) is 15.9. The highest BCUT2D eigenvalue weighted by molar-refractivity contribution is 6.35. The van der Waals surface area contributed by atoms with E-state index in [2.05, 4.69) is 21.2 Å². The smallest absolute Gasteiger partial charge is 0.329 e. The molecule has 0 atom stereocenters. The van der Waals surface area contributed by atoms with Crippen LogP contribution in [0.3, 0.4) is 0 Å². The van der Waals surface area contributed by atoms with Crippen LogP contribution in [0.4, 0.5) is 5.69 Å². The van der Waals surface area contributed by atoms with E-state index in [1.54, 1.807) is 24.3 Å². The molecular formula is C20H22N4O4. The first-order valence-corrected chi connectivity index (χ1v) is 8.54. The van der Waals surface area contributed by atoms with Crippen molar-refractivity contribution in [1.29, 1.82) is 0 Å². The second-order valence-electron chi connectivity index (χ2n) is 5.94. The molecule has 0 heterocycles. The predicted octanol–water partition coefficient (Wildman–Crippen LogP) is 1.52. The Balaban J connectivity index is 1.90. The van der Waals surface area contributed by atoms with Crippen LogP contribution in [0.2, 0.25) is 0 Å². The Hall–Kier alpha value is -3.68. The number of hydrogen-bond donors (Lipinski definition) is 3. The van der Waals surface area contributed by atoms with Crippen LogP contribution in [0.15, 0.2) is 47.6 Å². The van der Waals surface area contributed by atoms with Crippen molar-refractivity contribution < 1.29 is 19.1 Å². The molecule has 8 nitrogen and oxygen atoms in total. The van der Waals surface area contributed by atoms with E-state index in [0.29, 0.717) is 11.3 Å². The summed E-state index contributed by atoms with van der Waals surface area (Å²) in [5.74, 6) is -1.46. The summed E-state index contributed by atoms with van der Waals surface area (Å²) in [5, 5.41) is 8.71. The van der Waals surface area contributed by atoms with Crippen LogP contribution in [-0.2, 0) is 14.4 Å². The molecule has 0 radical (unpaired) electrons. The molecule has 0 spiro atoms. The van der Waals surface area contributed by atoms with E-state index in [1.807, 2.05) is 32.0 Å². The zero-order valence-corrected chi connectivity index (χ0v) is 15.9. The molecule has 0 unspecified atom stereocenters. The van der Waals surface area contributed by atoms with Gasteiger partial charge in [0.2, 0.25) is 0 Å². The summed E-state index contributed by atoms with van der Waals surface area (Å²) in [6.45, 7) is 3.77. The van der Waals surface area contributed by atoms with Gasteiger partial charge in [-0.1, -0.05) is 24.3 Å². The van der Waals surface area contributed by atoms with Gasteiger partial charge in [0.15, 0.2) is 6.61 Å². The minimum atomic E-state index is -0.866. The molecule has 0 saturated heterocycles. The average molecular weight is 382 g/mol. The van der Waals surface area contributed by atoms with Gasteiger partial charge in [0.05, 0.1) is 6.21 Å². The number of anilines is 1. The summed E-state index contributed by atoms with van der Waals surface area (Å²) in [4.78, 5) is 34.5. The summed E-state index contributed by atoms with van der Waals surface area (Å²) in [5.41, 5.74) is 5.58. The number of nitrogens with zero attached hydrogens (tertiary/aromatic N) is 1. The lowest BCUT2D eigenvalue weighted by atomic mass is 10.1. The number of likely N-dealkylation sites (N-methyl/N-ethyl adjacent to an activating group) is 1. The fraction of sp³-hybridized carbons (Fsp3) is 0.200. The lowest BCUT2D eigenvalue weighted by molar-refractivity contribution is -0.138. The van der Waals surface area contributed by atoms with Gasteiger partial charge in [0, 0.05) is 12.7 Å². The van der Waals surface area contributed by atoms with E-state index in [1.165, 1.54) is 13.3 Å². The summed E-state index contributed by atoms with van der Waals surface area (Å²) in [7, 11) is 1.35. The van der Waals surface area contributed by atoms with Gasteiger partial charge in [-0.25, -0.2) is 5.43 Å². The van der Waals surface area contributed by atoms with Gasteiger partial charge in [-0.15, -0.1) is 0 Å². The first-order valence-electron chi connectivity index (χ1n) is 8.54. The summed E-state index contributed by atoms with van der Waals surface area (Å²) in [6, 6.07) is 12.5. The molecule has 2 rings (SSSR count). The molecule has 2 aromatic rings. The largest absolute Gasteiger partial charge is 0.484 e. The van der Waals surface area contributed by atoms with Crippen LogP contribution >= 0.6 is 0 Å². The van der Waals surface area contributed by atoms with Crippen molar-refractivity contribution in [3.63, 3.8) is 0 Å². The normalized spacial score (nSPS) is 10.4. The molecule has 0 fully saturated rings. The Morgan fingerprint density at radius 2 is 1.82 bits per heavy atom. The fourth-order valence-corrected chi connectivity index (χ4v) is 2.24. The topological polar surface area (TPSA) is 109 Å². The number of hydrogen-bond acceptors (Lipinski definition) is 5. The molecule has 0 aromatic heterocycles. The van der Waals surface area contributed by atoms with Crippen molar-refractivity contribution in [2.75, 3.05) is 19.0 Å². The van der Waals surface area contributed by atoms with E-state index in [0.717, 1.165) is 16.8 Å². The number of hydrazone groups is 1. The Bertz CT molecular complexity index is 909. The van der Waals surface area contributed by atoms with E-state index in [9.17, 15) is 14.4 Å². The summed E-state index contributed by atoms with van der Waals surface area (Å²) < 4.78 is 5.51. The second-order valence-corrected chi connectivity index (χ2v) is 5.94. The Labute approximate surface area is 163 Å². The molecule has 3 N–H and O–H groups in total. The van der Waals surface area contributed by atoms with Crippen molar-refractivity contribution in [3.05, 3.63) is 59.2 Å². The predicted molar refractivity (Wildman–Crippen MR) is 106 cm³/mol. The average Bonchev–Trinajstić information content (AvgIpc) is 2.69. The lowest BCUT2D eigenvalue weighted by Crippen LogP contribution is -2.35. The molecule has 0 saturated carbocycles. The van der Waals surface area contributed by atoms with E-state index >= 15 is 0 Å². The first kappa shape index (κ1) is 20.6. The van der Waals surface area contributed by atoms with Gasteiger partial charge in [-0.05, 0) is 48.7 Å². The summed E-state index contributed by atoms with van der Waals surface area (Å²) >= 11 is 0. The number of benzene rings is 2. The number of amides is 3. The molecular weight excluding hydrogens is 360 g/mol. The Morgan fingerprint density at radius 1 is 1.07 bits per heavy atom. The minimum absolute atomic E-state index is 0.151. The van der Waals surface area contributed by atoms with Crippen molar-refractivity contribution in [1.82, 2.24) is 10.7 Å². The van der Waals surface area contributed by atoms with Crippen molar-refractivity contribution in [2.24, 2.45) is 5.10 Å². The highest BCUT2D eigenvalue weighted by Crippen LogP contribution is 2.18. The van der Waals surface area contributed by atoms with Gasteiger partial charge in [0.25, 0.3) is 5.91 Å². The molecule has 3 amide bonds. The van der Waals surface area contributed by atoms with Crippen LogP contribution in [0.25, 0.3) is 0 Å². The van der Waals surface area contributed by atoms with Gasteiger partial charge in [-0.2, -0.15) is 5.10 Å². The second kappa shape index (κ2) is 9.86. The molecule has 0 aliphatic rings. The highest BCUT2D eigenvalue weighted by Gasteiger charge is 2.09. The Morgan fingerprint density at radius 3 is 2.57 bits per heavy atom. The first-order chi connectivity index (χ1) is 13.4. The molecule has 8 heteroatoms. The Kier molecular flexibility index (Phi) is 7.27. The number of carbonyl (C=O) groups is 3. The molecule has 0 aliphatic carbocycles. The van der Waals surface area contributed by atoms with Gasteiger partial charge in [-0.3, -0.25) is 14.4 Å². The third-order valence-electron chi connectivity index (χ3n) is 3.92. The third kappa shape index (κ3) is 5.94. The maximum Gasteiger partial charge on any atom is 0.329 e. The molecule has 0 aliphatic heterocycles. The standard InChI is InChI=1S/C20H22N4O4/c1-13-6-4-9-17(14(13)2)23-18(25)12-28-16-8-5-7-15(10-16)11-22-24-20(27)19(26)21-3/h4-11H,12H2,1-3H3,(H,21,26)(H,23,25)(H,24,27)/b22-11-. The molecule has 2 aromatic carbocycles. The van der Waals surface area contributed by atoms with Crippen LogP contribution in [-0.4, -0.2) is 37.6 Å². The van der Waals surface area contributed by atoms with Crippen molar-refractivity contribution >= 4 is 29.6 Å².